The fourth-order valence-electron chi connectivity index (χ4n) is 3.05. The van der Waals surface area contributed by atoms with Gasteiger partial charge in [-0.25, -0.2) is 0 Å². The van der Waals surface area contributed by atoms with Gasteiger partial charge in [0.1, 0.15) is 17.2 Å². The number of non-ortho nitro benzene ring substituents is 1. The van der Waals surface area contributed by atoms with Crippen LogP contribution in [0.25, 0.3) is 0 Å². The zero-order chi connectivity index (χ0) is 22.7. The van der Waals surface area contributed by atoms with E-state index in [4.69, 9.17) is 9.57 Å². The molecule has 10 heteroatoms. The second kappa shape index (κ2) is 9.06. The van der Waals surface area contributed by atoms with E-state index < -0.39 is 16.9 Å². The summed E-state index contributed by atoms with van der Waals surface area (Å²) in [4.78, 5) is 28.7. The summed E-state index contributed by atoms with van der Waals surface area (Å²) in [6.07, 6.45) is -0.613. The van der Waals surface area contributed by atoms with Crippen LogP contribution in [0.5, 0.6) is 17.2 Å². The minimum Gasteiger partial charge on any atom is -0.508 e. The number of carbonyl (C=O) groups excluding carboxylic acids is 1. The molecule has 0 aromatic heterocycles. The summed E-state index contributed by atoms with van der Waals surface area (Å²) in [6.45, 7) is 0. The molecule has 32 heavy (non-hydrogen) atoms. The lowest BCUT2D eigenvalue weighted by Gasteiger charge is -2.12. The number of amides is 1. The van der Waals surface area contributed by atoms with E-state index in [-0.39, 0.29) is 29.3 Å². The highest BCUT2D eigenvalue weighted by Crippen LogP contribution is 2.31. The molecule has 1 heterocycles. The Bertz CT molecular complexity index is 1210. The Balaban J connectivity index is 1.48. The number of hydrogen-bond acceptors (Lipinski definition) is 7. The number of carbonyl (C=O) groups is 1. The summed E-state index contributed by atoms with van der Waals surface area (Å²) in [5, 5.41) is 27.3. The maximum absolute atomic E-state index is 12.7. The number of ether oxygens (including phenoxy) is 1. The molecule has 3 aromatic rings. The van der Waals surface area contributed by atoms with Crippen LogP contribution in [0.3, 0.4) is 0 Å². The van der Waals surface area contributed by atoms with Gasteiger partial charge in [-0.1, -0.05) is 33.2 Å². The molecule has 0 saturated heterocycles. The Labute approximate surface area is 190 Å². The number of hydrogen-bond donors (Lipinski definition) is 2. The number of nitrogens with zero attached hydrogens (tertiary/aromatic N) is 2. The predicted octanol–water partition coefficient (Wildman–Crippen LogP) is 4.99. The van der Waals surface area contributed by atoms with Crippen molar-refractivity contribution >= 4 is 38.9 Å². The van der Waals surface area contributed by atoms with Gasteiger partial charge in [0.2, 0.25) is 6.10 Å². The quantitative estimate of drug-likeness (QED) is 0.365. The lowest BCUT2D eigenvalue weighted by atomic mass is 10.0. The monoisotopic (exact) mass is 497 g/mol. The molecule has 2 N–H and O–H groups in total. The summed E-state index contributed by atoms with van der Waals surface area (Å²) in [5.74, 6) is 0.0885. The molecule has 0 spiro atoms. The van der Waals surface area contributed by atoms with Crippen LogP contribution in [-0.2, 0) is 9.63 Å². The largest absolute Gasteiger partial charge is 0.508 e. The maximum Gasteiger partial charge on any atom is 0.275 e. The van der Waals surface area contributed by atoms with Crippen LogP contribution >= 0.6 is 15.9 Å². The van der Waals surface area contributed by atoms with Crippen molar-refractivity contribution in [2.45, 2.75) is 12.5 Å². The number of nitrogens with one attached hydrogen (secondary N) is 1. The fraction of sp³-hybridized carbons (Fsp3) is 0.0909. The third-order valence-electron chi connectivity index (χ3n) is 4.56. The predicted molar refractivity (Wildman–Crippen MR) is 120 cm³/mol. The van der Waals surface area contributed by atoms with Gasteiger partial charge in [-0.15, -0.1) is 0 Å². The van der Waals surface area contributed by atoms with E-state index in [1.807, 2.05) is 24.3 Å². The Morgan fingerprint density at radius 1 is 1.16 bits per heavy atom. The van der Waals surface area contributed by atoms with Gasteiger partial charge in [-0.3, -0.25) is 14.9 Å². The normalized spacial score (nSPS) is 14.9. The summed E-state index contributed by atoms with van der Waals surface area (Å²) < 4.78 is 6.51. The first kappa shape index (κ1) is 21.3. The molecule has 162 valence electrons. The summed E-state index contributed by atoms with van der Waals surface area (Å²) >= 11 is 3.40. The van der Waals surface area contributed by atoms with Crippen LogP contribution in [0, 0.1) is 10.1 Å². The molecule has 0 saturated carbocycles. The molecule has 1 aliphatic heterocycles. The van der Waals surface area contributed by atoms with E-state index in [1.165, 1.54) is 42.5 Å². The van der Waals surface area contributed by atoms with Crippen LogP contribution in [0.2, 0.25) is 0 Å². The highest BCUT2D eigenvalue weighted by Gasteiger charge is 2.29. The second-order valence-electron chi connectivity index (χ2n) is 6.90. The molecular weight excluding hydrogens is 482 g/mol. The Morgan fingerprint density at radius 2 is 1.94 bits per heavy atom. The number of oxime groups is 1. The molecule has 0 aliphatic carbocycles. The van der Waals surface area contributed by atoms with E-state index in [9.17, 15) is 20.0 Å². The first-order chi connectivity index (χ1) is 15.4. The molecule has 0 bridgehead atoms. The first-order valence-corrected chi connectivity index (χ1v) is 10.2. The van der Waals surface area contributed by atoms with Crippen molar-refractivity contribution in [1.82, 2.24) is 0 Å². The summed E-state index contributed by atoms with van der Waals surface area (Å²) in [6, 6.07) is 17.3. The van der Waals surface area contributed by atoms with E-state index in [0.29, 0.717) is 11.5 Å². The maximum atomic E-state index is 12.7. The number of phenolic OH excluding ortho intramolecular Hbond substituents is 1. The smallest absolute Gasteiger partial charge is 0.275 e. The van der Waals surface area contributed by atoms with Crippen molar-refractivity contribution in [1.29, 1.82) is 0 Å². The molecule has 1 atom stereocenters. The van der Waals surface area contributed by atoms with Gasteiger partial charge in [0.15, 0.2) is 0 Å². The van der Waals surface area contributed by atoms with Crippen molar-refractivity contribution in [2.24, 2.45) is 5.16 Å². The molecule has 4 rings (SSSR count). The van der Waals surface area contributed by atoms with Crippen LogP contribution in [0.1, 0.15) is 12.0 Å². The minimum absolute atomic E-state index is 0.0605. The SMILES string of the molecule is O=C(Nc1cc(Oc2ccc(O)cc2)cc([N+](=O)[O-])c1)C1CC(c2cccc(Br)c2)=NO1. The molecular formula is C22H16BrN3O6. The van der Waals surface area contributed by atoms with Crippen LogP contribution < -0.4 is 10.1 Å². The van der Waals surface area contributed by atoms with E-state index in [2.05, 4.69) is 26.4 Å². The highest BCUT2D eigenvalue weighted by atomic mass is 79.9. The van der Waals surface area contributed by atoms with E-state index in [1.54, 1.807) is 0 Å². The van der Waals surface area contributed by atoms with Gasteiger partial charge in [0.05, 0.1) is 22.4 Å². The lowest BCUT2D eigenvalue weighted by molar-refractivity contribution is -0.384. The van der Waals surface area contributed by atoms with Gasteiger partial charge >= 0.3 is 0 Å². The van der Waals surface area contributed by atoms with Crippen molar-refractivity contribution in [3.63, 3.8) is 0 Å². The van der Waals surface area contributed by atoms with Crippen molar-refractivity contribution < 1.29 is 24.4 Å². The second-order valence-corrected chi connectivity index (χ2v) is 7.82. The zero-order valence-electron chi connectivity index (χ0n) is 16.4. The molecule has 1 unspecified atom stereocenters. The fourth-order valence-corrected chi connectivity index (χ4v) is 3.45. The van der Waals surface area contributed by atoms with E-state index in [0.717, 1.165) is 10.0 Å². The molecule has 1 amide bonds. The summed E-state index contributed by atoms with van der Waals surface area (Å²) in [5.41, 5.74) is 1.38. The third kappa shape index (κ3) is 5.03. The average molecular weight is 498 g/mol. The van der Waals surface area contributed by atoms with Crippen molar-refractivity contribution in [3.8, 4) is 17.2 Å². The van der Waals surface area contributed by atoms with Gasteiger partial charge < -0.3 is 20.0 Å². The molecule has 0 fully saturated rings. The van der Waals surface area contributed by atoms with Gasteiger partial charge in [0, 0.05) is 28.6 Å². The Hall–Kier alpha value is -3.92. The number of phenols is 1. The van der Waals surface area contributed by atoms with Crippen molar-refractivity contribution in [3.05, 3.63) is 86.9 Å². The number of nitro benzene ring substituents is 1. The standard InChI is InChI=1S/C22H16BrN3O6/c23-14-3-1-2-13(8-14)20-12-21(32-25-20)22(28)24-15-9-16(26(29)30)11-19(10-15)31-18-6-4-17(27)5-7-18/h1-11,21,27H,12H2,(H,24,28). The van der Waals surface area contributed by atoms with E-state index >= 15 is 0 Å². The Morgan fingerprint density at radius 3 is 2.66 bits per heavy atom. The summed E-state index contributed by atoms with van der Waals surface area (Å²) in [7, 11) is 0. The number of rotatable bonds is 6. The Kier molecular flexibility index (Phi) is 6.04. The molecule has 3 aromatic carbocycles. The number of aromatic hydroxyl groups is 1. The first-order valence-electron chi connectivity index (χ1n) is 9.43. The van der Waals surface area contributed by atoms with Gasteiger partial charge in [0.25, 0.3) is 11.6 Å². The lowest BCUT2D eigenvalue weighted by Crippen LogP contribution is -2.28. The van der Waals surface area contributed by atoms with Crippen LogP contribution in [-0.4, -0.2) is 27.8 Å². The molecule has 0 radical (unpaired) electrons. The topological polar surface area (TPSA) is 123 Å². The van der Waals surface area contributed by atoms with Crippen LogP contribution in [0.4, 0.5) is 11.4 Å². The number of nitro groups is 1. The molecule has 9 nitrogen and oxygen atoms in total. The molecule has 1 aliphatic rings. The van der Waals surface area contributed by atoms with Gasteiger partial charge in [-0.05, 0) is 36.4 Å². The third-order valence-corrected chi connectivity index (χ3v) is 5.05. The average Bonchev–Trinajstić information content (AvgIpc) is 3.26. The van der Waals surface area contributed by atoms with Crippen LogP contribution in [0.15, 0.2) is 76.4 Å². The van der Waals surface area contributed by atoms with Crippen molar-refractivity contribution in [2.75, 3.05) is 5.32 Å². The minimum atomic E-state index is -0.871. The number of benzene rings is 3. The zero-order valence-corrected chi connectivity index (χ0v) is 18.0. The highest BCUT2D eigenvalue weighted by molar-refractivity contribution is 9.10. The number of halogens is 1. The number of anilines is 1. The van der Waals surface area contributed by atoms with Gasteiger partial charge in [-0.2, -0.15) is 0 Å².